The Balaban J connectivity index is 2.20. The number of rotatable bonds is 3. The Bertz CT molecular complexity index is 388. The lowest BCUT2D eigenvalue weighted by molar-refractivity contribution is 0.347. The Morgan fingerprint density at radius 3 is 2.53 bits per heavy atom. The summed E-state index contributed by atoms with van der Waals surface area (Å²) in [5.41, 5.74) is 8.15. The SMILES string of the molecule is CCc1nn(C)c(NC2(C)CCCCC2)c1N. The highest BCUT2D eigenvalue weighted by atomic mass is 15.3. The van der Waals surface area contributed by atoms with Gasteiger partial charge < -0.3 is 11.1 Å². The van der Waals surface area contributed by atoms with Crippen LogP contribution in [0.2, 0.25) is 0 Å². The number of hydrogen-bond donors (Lipinski definition) is 2. The third-order valence-corrected chi connectivity index (χ3v) is 3.87. The largest absolute Gasteiger partial charge is 0.394 e. The first kappa shape index (κ1) is 12.3. The van der Waals surface area contributed by atoms with E-state index in [0.29, 0.717) is 0 Å². The Labute approximate surface area is 104 Å². The highest BCUT2D eigenvalue weighted by Crippen LogP contribution is 2.33. The predicted octanol–water partition coefficient (Wildman–Crippen LogP) is 2.70. The van der Waals surface area contributed by atoms with Gasteiger partial charge in [-0.25, -0.2) is 0 Å². The number of nitrogen functional groups attached to an aromatic ring is 1. The molecular formula is C13H24N4. The third-order valence-electron chi connectivity index (χ3n) is 3.87. The maximum atomic E-state index is 6.14. The van der Waals surface area contributed by atoms with E-state index in [1.54, 1.807) is 0 Å². The molecule has 1 aliphatic rings. The topological polar surface area (TPSA) is 55.9 Å². The molecule has 0 spiro atoms. The van der Waals surface area contributed by atoms with Crippen molar-refractivity contribution in [3.05, 3.63) is 5.69 Å². The molecule has 4 heteroatoms. The molecule has 0 unspecified atom stereocenters. The van der Waals surface area contributed by atoms with Gasteiger partial charge in [0.25, 0.3) is 0 Å². The second kappa shape index (κ2) is 4.59. The summed E-state index contributed by atoms with van der Waals surface area (Å²) < 4.78 is 1.88. The molecule has 0 atom stereocenters. The summed E-state index contributed by atoms with van der Waals surface area (Å²) in [6.45, 7) is 4.38. The summed E-state index contributed by atoms with van der Waals surface area (Å²) in [6, 6.07) is 0. The van der Waals surface area contributed by atoms with E-state index < -0.39 is 0 Å². The molecule has 1 aromatic heterocycles. The van der Waals surface area contributed by atoms with Crippen LogP contribution in [0.25, 0.3) is 0 Å². The van der Waals surface area contributed by atoms with Gasteiger partial charge in [-0.2, -0.15) is 5.10 Å². The molecule has 0 aromatic carbocycles. The van der Waals surface area contributed by atoms with Crippen molar-refractivity contribution in [2.75, 3.05) is 11.1 Å². The lowest BCUT2D eigenvalue weighted by Gasteiger charge is -2.35. The zero-order valence-corrected chi connectivity index (χ0v) is 11.2. The van der Waals surface area contributed by atoms with E-state index in [9.17, 15) is 0 Å². The van der Waals surface area contributed by atoms with Gasteiger partial charge in [-0.3, -0.25) is 4.68 Å². The molecule has 96 valence electrons. The molecule has 17 heavy (non-hydrogen) atoms. The van der Waals surface area contributed by atoms with E-state index in [4.69, 9.17) is 5.73 Å². The van der Waals surface area contributed by atoms with Crippen molar-refractivity contribution in [3.8, 4) is 0 Å². The number of nitrogens with one attached hydrogen (secondary N) is 1. The van der Waals surface area contributed by atoms with E-state index in [1.165, 1.54) is 32.1 Å². The number of aryl methyl sites for hydroxylation is 2. The van der Waals surface area contributed by atoms with Gasteiger partial charge in [0.2, 0.25) is 0 Å². The molecule has 0 saturated heterocycles. The molecule has 1 aromatic rings. The summed E-state index contributed by atoms with van der Waals surface area (Å²) >= 11 is 0. The number of aromatic nitrogens is 2. The quantitative estimate of drug-likeness (QED) is 0.848. The zero-order chi connectivity index (χ0) is 12.5. The van der Waals surface area contributed by atoms with Crippen LogP contribution in [0.15, 0.2) is 0 Å². The molecular weight excluding hydrogens is 212 g/mol. The normalized spacial score (nSPS) is 19.2. The van der Waals surface area contributed by atoms with Crippen LogP contribution in [0.4, 0.5) is 11.5 Å². The minimum absolute atomic E-state index is 0.186. The molecule has 0 amide bonds. The molecule has 4 nitrogen and oxygen atoms in total. The van der Waals surface area contributed by atoms with Gasteiger partial charge in [0.1, 0.15) is 5.82 Å². The minimum Gasteiger partial charge on any atom is -0.394 e. The Kier molecular flexibility index (Phi) is 3.31. The lowest BCUT2D eigenvalue weighted by atomic mass is 9.83. The molecule has 1 heterocycles. The van der Waals surface area contributed by atoms with Crippen molar-refractivity contribution < 1.29 is 0 Å². The minimum atomic E-state index is 0.186. The van der Waals surface area contributed by atoms with Gasteiger partial charge in [-0.05, 0) is 26.2 Å². The number of anilines is 2. The maximum absolute atomic E-state index is 6.14. The van der Waals surface area contributed by atoms with Gasteiger partial charge in [0.05, 0.1) is 11.4 Å². The van der Waals surface area contributed by atoms with E-state index in [-0.39, 0.29) is 5.54 Å². The lowest BCUT2D eigenvalue weighted by Crippen LogP contribution is -2.37. The van der Waals surface area contributed by atoms with E-state index in [2.05, 4.69) is 24.3 Å². The first-order valence-corrected chi connectivity index (χ1v) is 6.65. The third kappa shape index (κ3) is 2.40. The van der Waals surface area contributed by atoms with Crippen molar-refractivity contribution in [1.82, 2.24) is 9.78 Å². The number of hydrogen-bond acceptors (Lipinski definition) is 3. The fourth-order valence-electron chi connectivity index (χ4n) is 2.75. The smallest absolute Gasteiger partial charge is 0.148 e. The van der Waals surface area contributed by atoms with Crippen LogP contribution in [-0.2, 0) is 13.5 Å². The summed E-state index contributed by atoms with van der Waals surface area (Å²) in [5, 5.41) is 8.08. The van der Waals surface area contributed by atoms with Crippen LogP contribution >= 0.6 is 0 Å². The fraction of sp³-hybridized carbons (Fsp3) is 0.769. The van der Waals surface area contributed by atoms with Crippen molar-refractivity contribution in [1.29, 1.82) is 0 Å². The van der Waals surface area contributed by atoms with E-state index in [1.807, 2.05) is 11.7 Å². The van der Waals surface area contributed by atoms with E-state index >= 15 is 0 Å². The van der Waals surface area contributed by atoms with Crippen molar-refractivity contribution in [2.24, 2.45) is 7.05 Å². The van der Waals surface area contributed by atoms with Gasteiger partial charge in [0, 0.05) is 12.6 Å². The number of nitrogens with zero attached hydrogens (tertiary/aromatic N) is 2. The van der Waals surface area contributed by atoms with Gasteiger partial charge in [-0.15, -0.1) is 0 Å². The molecule has 1 aliphatic carbocycles. The van der Waals surface area contributed by atoms with Crippen molar-refractivity contribution in [3.63, 3.8) is 0 Å². The highest BCUT2D eigenvalue weighted by molar-refractivity contribution is 5.65. The summed E-state index contributed by atoms with van der Waals surface area (Å²) in [7, 11) is 1.96. The van der Waals surface area contributed by atoms with Crippen LogP contribution in [0.3, 0.4) is 0 Å². The monoisotopic (exact) mass is 236 g/mol. The zero-order valence-electron chi connectivity index (χ0n) is 11.2. The Hall–Kier alpha value is -1.19. The molecule has 0 bridgehead atoms. The first-order valence-electron chi connectivity index (χ1n) is 6.65. The second-order valence-electron chi connectivity index (χ2n) is 5.43. The summed E-state index contributed by atoms with van der Waals surface area (Å²) in [4.78, 5) is 0. The Morgan fingerprint density at radius 1 is 1.35 bits per heavy atom. The van der Waals surface area contributed by atoms with Crippen LogP contribution in [0.1, 0.15) is 51.6 Å². The van der Waals surface area contributed by atoms with Crippen molar-refractivity contribution >= 4 is 11.5 Å². The standard InChI is InChI=1S/C13H24N4/c1-4-10-11(14)12(17(3)16-10)15-13(2)8-6-5-7-9-13/h15H,4-9,14H2,1-3H3. The average molecular weight is 236 g/mol. The fourth-order valence-corrected chi connectivity index (χ4v) is 2.75. The van der Waals surface area contributed by atoms with Crippen LogP contribution in [0, 0.1) is 0 Å². The highest BCUT2D eigenvalue weighted by Gasteiger charge is 2.28. The molecule has 1 saturated carbocycles. The van der Waals surface area contributed by atoms with Crippen LogP contribution < -0.4 is 11.1 Å². The van der Waals surface area contributed by atoms with Gasteiger partial charge >= 0.3 is 0 Å². The summed E-state index contributed by atoms with van der Waals surface area (Å²) in [5.74, 6) is 0.992. The maximum Gasteiger partial charge on any atom is 0.148 e. The Morgan fingerprint density at radius 2 is 2.00 bits per heavy atom. The van der Waals surface area contributed by atoms with Gasteiger partial charge in [-0.1, -0.05) is 26.2 Å². The first-order chi connectivity index (χ1) is 8.06. The second-order valence-corrected chi connectivity index (χ2v) is 5.43. The molecule has 0 radical (unpaired) electrons. The molecule has 0 aliphatic heterocycles. The van der Waals surface area contributed by atoms with Crippen LogP contribution in [-0.4, -0.2) is 15.3 Å². The van der Waals surface area contributed by atoms with Gasteiger partial charge in [0.15, 0.2) is 0 Å². The van der Waals surface area contributed by atoms with E-state index in [0.717, 1.165) is 23.6 Å². The molecule has 2 rings (SSSR count). The van der Waals surface area contributed by atoms with Crippen LogP contribution in [0.5, 0.6) is 0 Å². The molecule has 1 fully saturated rings. The predicted molar refractivity (Wildman–Crippen MR) is 72.1 cm³/mol. The van der Waals surface area contributed by atoms with Crippen molar-refractivity contribution in [2.45, 2.75) is 57.9 Å². The summed E-state index contributed by atoms with van der Waals surface area (Å²) in [6.07, 6.45) is 7.30. The average Bonchev–Trinajstić information content (AvgIpc) is 2.57. The molecule has 3 N–H and O–H groups in total. The number of nitrogens with two attached hydrogens (primary N) is 1.